The first-order valence-electron chi connectivity index (χ1n) is 23.8. The lowest BCUT2D eigenvalue weighted by Gasteiger charge is -2.31. The molecule has 16 heteroatoms. The molecule has 69 heavy (non-hydrogen) atoms. The molecular formula is C53H56FN7O7S. The standard InChI is InChI=1S/C53H56FN7O7S/c1-28(2)47(57-52(64)66-5)49(62)59-17-9-12-41(59)38-21-33(25-55-38)30-15-16-40-32(19-30)23-43-46-37(54)20-31(24-44(46)68-51(61(40)43)36-27-69-45-14-8-7-11-35(36)45)34-22-39(56-26-34)42-13-10-18-60(42)50(63)48(29(3)4)58-53(65)67-6/h7-8,11,14-16,19-20,23-29,41-42,47-48,51H,9-10,12-13,17-18,21-22H2,1-6H3,(H,57,64)(H,58,65)/t41-,42-,47-,48-,51?/m0/s1. The number of alkyl carbamates (subject to hydrolysis) is 2. The number of ether oxygens (including phenoxy) is 3. The fourth-order valence-electron chi connectivity index (χ4n) is 10.7. The van der Waals surface area contributed by atoms with Crippen LogP contribution in [0.5, 0.6) is 5.75 Å². The average molecular weight is 954 g/mol. The van der Waals surface area contributed by atoms with E-state index in [9.17, 15) is 19.2 Å². The van der Waals surface area contributed by atoms with Crippen molar-refractivity contribution in [1.29, 1.82) is 0 Å². The van der Waals surface area contributed by atoms with Gasteiger partial charge in [0.2, 0.25) is 18.0 Å². The molecule has 0 aliphatic carbocycles. The van der Waals surface area contributed by atoms with E-state index in [-0.39, 0.29) is 35.7 Å². The van der Waals surface area contributed by atoms with Gasteiger partial charge in [-0.1, -0.05) is 52.0 Å². The molecule has 2 aromatic heterocycles. The molecule has 10 rings (SSSR count). The van der Waals surface area contributed by atoms with E-state index in [0.717, 1.165) is 80.4 Å². The van der Waals surface area contributed by atoms with Crippen molar-refractivity contribution in [3.63, 3.8) is 0 Å². The summed E-state index contributed by atoms with van der Waals surface area (Å²) in [7, 11) is 2.57. The predicted molar refractivity (Wildman–Crippen MR) is 266 cm³/mol. The van der Waals surface area contributed by atoms with Crippen molar-refractivity contribution in [3.05, 3.63) is 101 Å². The zero-order chi connectivity index (χ0) is 48.2. The van der Waals surface area contributed by atoms with Crippen molar-refractivity contribution in [2.75, 3.05) is 27.3 Å². The summed E-state index contributed by atoms with van der Waals surface area (Å²) >= 11 is 1.64. The highest BCUT2D eigenvalue weighted by Gasteiger charge is 2.41. The molecule has 0 bridgehead atoms. The third-order valence-electron chi connectivity index (χ3n) is 14.3. The van der Waals surface area contributed by atoms with Gasteiger partial charge >= 0.3 is 12.2 Å². The van der Waals surface area contributed by atoms with Crippen molar-refractivity contribution < 1.29 is 37.8 Å². The number of nitrogens with one attached hydrogen (secondary N) is 2. The van der Waals surface area contributed by atoms with E-state index in [4.69, 9.17) is 24.2 Å². The maximum atomic E-state index is 17.0. The summed E-state index contributed by atoms with van der Waals surface area (Å²) in [5, 5.41) is 9.54. The van der Waals surface area contributed by atoms with E-state index in [1.807, 2.05) is 68.0 Å². The number of hydrogen-bond donors (Lipinski definition) is 2. The van der Waals surface area contributed by atoms with Gasteiger partial charge in [0.25, 0.3) is 0 Å². The Morgan fingerprint density at radius 3 is 1.96 bits per heavy atom. The molecule has 7 heterocycles. The van der Waals surface area contributed by atoms with Crippen LogP contribution in [0.25, 0.3) is 43.4 Å². The second-order valence-electron chi connectivity index (χ2n) is 19.2. The highest BCUT2D eigenvalue weighted by molar-refractivity contribution is 7.17. The minimum absolute atomic E-state index is 0.132. The molecule has 358 valence electrons. The van der Waals surface area contributed by atoms with Gasteiger partial charge in [-0.05, 0) is 96.2 Å². The summed E-state index contributed by atoms with van der Waals surface area (Å²) in [4.78, 5) is 65.4. The molecule has 2 saturated heterocycles. The molecule has 0 spiro atoms. The molecule has 5 aromatic rings. The minimum Gasteiger partial charge on any atom is -0.465 e. The molecular weight excluding hydrogens is 898 g/mol. The Morgan fingerprint density at radius 1 is 0.768 bits per heavy atom. The third kappa shape index (κ3) is 8.35. The normalized spacial score (nSPS) is 20.6. The van der Waals surface area contributed by atoms with Gasteiger partial charge in [0.15, 0.2) is 0 Å². The Labute approximate surface area is 403 Å². The number of thiophene rings is 1. The molecule has 2 N–H and O–H groups in total. The summed E-state index contributed by atoms with van der Waals surface area (Å²) in [6, 6.07) is 18.1. The Balaban J connectivity index is 0.932. The largest absolute Gasteiger partial charge is 0.465 e. The fraction of sp³-hybridized carbons (Fsp3) is 0.396. The summed E-state index contributed by atoms with van der Waals surface area (Å²) in [6.45, 7) is 8.72. The maximum Gasteiger partial charge on any atom is 0.407 e. The lowest BCUT2D eigenvalue weighted by atomic mass is 9.95. The summed E-state index contributed by atoms with van der Waals surface area (Å²) in [6.07, 6.45) is 5.93. The minimum atomic E-state index is -0.744. The van der Waals surface area contributed by atoms with Gasteiger partial charge < -0.3 is 39.2 Å². The number of allylic oxidation sites excluding steroid dienone is 2. The van der Waals surface area contributed by atoms with Crippen LogP contribution in [-0.2, 0) is 19.1 Å². The van der Waals surface area contributed by atoms with Crippen LogP contribution >= 0.6 is 11.3 Å². The summed E-state index contributed by atoms with van der Waals surface area (Å²) in [5.41, 5.74) is 8.14. The Kier molecular flexibility index (Phi) is 12.4. The Bertz CT molecular complexity index is 3040. The zero-order valence-electron chi connectivity index (χ0n) is 39.6. The van der Waals surface area contributed by atoms with Gasteiger partial charge in [0.05, 0.1) is 43.1 Å². The number of benzene rings is 3. The summed E-state index contributed by atoms with van der Waals surface area (Å²) in [5.74, 6) is -0.598. The first-order valence-corrected chi connectivity index (χ1v) is 24.6. The van der Waals surface area contributed by atoms with Crippen LogP contribution in [0.2, 0.25) is 0 Å². The van der Waals surface area contributed by atoms with Crippen LogP contribution in [0, 0.1) is 17.7 Å². The smallest absolute Gasteiger partial charge is 0.407 e. The van der Waals surface area contributed by atoms with Crippen LogP contribution in [0.1, 0.15) is 89.1 Å². The molecule has 5 atom stereocenters. The molecule has 2 fully saturated rings. The maximum absolute atomic E-state index is 17.0. The molecule has 0 saturated carbocycles. The van der Waals surface area contributed by atoms with Crippen molar-refractivity contribution in [2.45, 2.75) is 96.6 Å². The molecule has 5 aliphatic heterocycles. The summed E-state index contributed by atoms with van der Waals surface area (Å²) < 4.78 is 36.9. The lowest BCUT2D eigenvalue weighted by Crippen LogP contribution is -2.53. The Hall–Kier alpha value is -6.81. The number of fused-ring (bicyclic) bond motifs is 6. The second-order valence-corrected chi connectivity index (χ2v) is 20.1. The van der Waals surface area contributed by atoms with Gasteiger partial charge in [-0.3, -0.25) is 19.6 Å². The number of likely N-dealkylation sites (tertiary alicyclic amines) is 2. The highest BCUT2D eigenvalue weighted by atomic mass is 32.1. The van der Waals surface area contributed by atoms with E-state index < -0.39 is 36.3 Å². The molecule has 4 amide bonds. The monoisotopic (exact) mass is 953 g/mol. The topological polar surface area (TPSA) is 156 Å². The van der Waals surface area contributed by atoms with E-state index in [2.05, 4.69) is 50.9 Å². The van der Waals surface area contributed by atoms with Gasteiger partial charge in [-0.2, -0.15) is 0 Å². The Morgan fingerprint density at radius 2 is 1.36 bits per heavy atom. The van der Waals surface area contributed by atoms with E-state index >= 15 is 4.39 Å². The van der Waals surface area contributed by atoms with Gasteiger partial charge in [0, 0.05) is 76.2 Å². The predicted octanol–water partition coefficient (Wildman–Crippen LogP) is 9.72. The van der Waals surface area contributed by atoms with Crippen LogP contribution in [0.3, 0.4) is 0 Å². The number of aromatic nitrogens is 1. The third-order valence-corrected chi connectivity index (χ3v) is 15.3. The zero-order valence-corrected chi connectivity index (χ0v) is 40.4. The SMILES string of the molecule is COC(=O)N[C@H](C(=O)N1CCC[C@H]1C1=NC=C(c2cc(F)c3c(c2)OC(c2csc4ccccc24)n2c-3cc3cc(C4=CN=C([C@@H]5CCCN5C(=O)[C@@H](NC(=O)OC)C(C)C)C4)ccc32)C1)C(C)C. The number of nitrogens with zero attached hydrogens (tertiary/aromatic N) is 5. The van der Waals surface area contributed by atoms with Gasteiger partial charge in [0.1, 0.15) is 23.7 Å². The van der Waals surface area contributed by atoms with Crippen molar-refractivity contribution in [1.82, 2.24) is 25.0 Å². The highest BCUT2D eigenvalue weighted by Crippen LogP contribution is 2.49. The van der Waals surface area contributed by atoms with Crippen molar-refractivity contribution in [3.8, 4) is 17.0 Å². The van der Waals surface area contributed by atoms with Gasteiger partial charge in [-0.15, -0.1) is 11.3 Å². The first kappa shape index (κ1) is 45.9. The van der Waals surface area contributed by atoms with Crippen LogP contribution < -0.4 is 15.4 Å². The fourth-order valence-corrected chi connectivity index (χ4v) is 11.7. The molecule has 5 aliphatic rings. The quantitative estimate of drug-likeness (QED) is 0.134. The number of aliphatic imine (C=N–C) groups is 2. The van der Waals surface area contributed by atoms with E-state index in [1.54, 1.807) is 23.6 Å². The van der Waals surface area contributed by atoms with E-state index in [1.165, 1.54) is 14.2 Å². The van der Waals surface area contributed by atoms with Crippen molar-refractivity contribution >= 4 is 78.9 Å². The number of halogens is 1. The van der Waals surface area contributed by atoms with Gasteiger partial charge in [-0.25, -0.2) is 14.0 Å². The number of carbonyl (C=O) groups is 4. The molecule has 0 radical (unpaired) electrons. The number of amides is 4. The molecule has 3 aromatic carbocycles. The number of hydrogen-bond acceptors (Lipinski definition) is 10. The van der Waals surface area contributed by atoms with Crippen LogP contribution in [0.15, 0.2) is 88.4 Å². The second kappa shape index (κ2) is 18.6. The number of rotatable bonds is 11. The van der Waals surface area contributed by atoms with Crippen LogP contribution in [0.4, 0.5) is 14.0 Å². The lowest BCUT2D eigenvalue weighted by molar-refractivity contribution is -0.134. The van der Waals surface area contributed by atoms with Crippen LogP contribution in [-0.4, -0.2) is 101 Å². The van der Waals surface area contributed by atoms with E-state index in [0.29, 0.717) is 48.5 Å². The average Bonchev–Trinajstić information content (AvgIpc) is 4.21. The first-order chi connectivity index (χ1) is 33.3. The number of methoxy groups -OCH3 is 2. The number of carbonyl (C=O) groups excluding carboxylic acids is 4. The molecule has 14 nitrogen and oxygen atoms in total. The van der Waals surface area contributed by atoms with Crippen molar-refractivity contribution in [2.24, 2.45) is 21.8 Å². The molecule has 1 unspecified atom stereocenters.